The first-order chi connectivity index (χ1) is 9.28. The molecule has 0 spiro atoms. The number of benzene rings is 1. The normalized spacial score (nSPS) is 17.2. The van der Waals surface area contributed by atoms with Crippen molar-refractivity contribution in [2.24, 2.45) is 0 Å². The van der Waals surface area contributed by atoms with Crippen LogP contribution >= 0.6 is 27.3 Å². The maximum Gasteiger partial charge on any atom is 0.0701 e. The van der Waals surface area contributed by atoms with Crippen LogP contribution in [0, 0.1) is 0 Å². The van der Waals surface area contributed by atoms with Gasteiger partial charge in [-0.15, -0.1) is 11.3 Å². The Morgan fingerprint density at radius 2 is 2.11 bits per heavy atom. The molecule has 0 saturated heterocycles. The Bertz CT molecular complexity index is 559. The summed E-state index contributed by atoms with van der Waals surface area (Å²) in [4.78, 5) is 0. The van der Waals surface area contributed by atoms with Gasteiger partial charge in [0.2, 0.25) is 0 Å². The molecule has 0 radical (unpaired) electrons. The Morgan fingerprint density at radius 3 is 2.68 bits per heavy atom. The summed E-state index contributed by atoms with van der Waals surface area (Å²) in [6.45, 7) is 0. The van der Waals surface area contributed by atoms with Crippen LogP contribution in [-0.4, -0.2) is 7.05 Å². The molecule has 0 bridgehead atoms. The van der Waals surface area contributed by atoms with Gasteiger partial charge in [-0.05, 0) is 69.9 Å². The highest BCUT2D eigenvalue weighted by molar-refractivity contribution is 9.11. The molecule has 1 nitrogen and oxygen atoms in total. The summed E-state index contributed by atoms with van der Waals surface area (Å²) in [5.41, 5.74) is 4.22. The van der Waals surface area contributed by atoms with E-state index in [1.54, 1.807) is 11.3 Å². The zero-order valence-corrected chi connectivity index (χ0v) is 13.4. The average molecular weight is 336 g/mol. The Labute approximate surface area is 127 Å². The van der Waals surface area contributed by atoms with Crippen LogP contribution in [0.25, 0.3) is 0 Å². The molecule has 1 unspecified atom stereocenters. The highest BCUT2D eigenvalue weighted by Gasteiger charge is 2.21. The predicted octanol–water partition coefficient (Wildman–Crippen LogP) is 5.09. The number of hydrogen-bond donors (Lipinski definition) is 1. The van der Waals surface area contributed by atoms with Crippen LogP contribution in [0.2, 0.25) is 0 Å². The fraction of sp³-hybridized carbons (Fsp3) is 0.375. The van der Waals surface area contributed by atoms with Crippen molar-refractivity contribution in [1.29, 1.82) is 0 Å². The van der Waals surface area contributed by atoms with Crippen molar-refractivity contribution in [2.45, 2.75) is 31.2 Å². The van der Waals surface area contributed by atoms with Crippen LogP contribution in [0.15, 0.2) is 39.5 Å². The van der Waals surface area contributed by atoms with Gasteiger partial charge >= 0.3 is 0 Å². The molecule has 1 heterocycles. The van der Waals surface area contributed by atoms with E-state index in [9.17, 15) is 0 Å². The molecular formula is C16H18BrNS. The quantitative estimate of drug-likeness (QED) is 0.820. The van der Waals surface area contributed by atoms with Gasteiger partial charge in [-0.25, -0.2) is 0 Å². The van der Waals surface area contributed by atoms with Crippen molar-refractivity contribution in [3.8, 4) is 0 Å². The minimum Gasteiger partial charge on any atom is -0.309 e. The predicted molar refractivity (Wildman–Crippen MR) is 86.0 cm³/mol. The largest absolute Gasteiger partial charge is 0.309 e. The van der Waals surface area contributed by atoms with Gasteiger partial charge in [0.1, 0.15) is 0 Å². The van der Waals surface area contributed by atoms with Crippen molar-refractivity contribution >= 4 is 27.3 Å². The van der Waals surface area contributed by atoms with Gasteiger partial charge in [0.05, 0.1) is 9.83 Å². The van der Waals surface area contributed by atoms with Crippen molar-refractivity contribution < 1.29 is 0 Å². The van der Waals surface area contributed by atoms with Crippen LogP contribution in [0.3, 0.4) is 0 Å². The third-order valence-electron chi connectivity index (χ3n) is 4.03. The number of thiophene rings is 1. The van der Waals surface area contributed by atoms with Crippen molar-refractivity contribution in [3.63, 3.8) is 0 Å². The van der Waals surface area contributed by atoms with Crippen LogP contribution in [0.4, 0.5) is 0 Å². The van der Waals surface area contributed by atoms with Gasteiger partial charge < -0.3 is 5.32 Å². The number of rotatable bonds is 4. The van der Waals surface area contributed by atoms with Crippen molar-refractivity contribution in [3.05, 3.63) is 56.2 Å². The highest BCUT2D eigenvalue weighted by atomic mass is 79.9. The van der Waals surface area contributed by atoms with E-state index in [0.29, 0.717) is 6.04 Å². The fourth-order valence-electron chi connectivity index (χ4n) is 2.73. The summed E-state index contributed by atoms with van der Waals surface area (Å²) in [6, 6.07) is 11.6. The van der Waals surface area contributed by atoms with Gasteiger partial charge in [-0.1, -0.05) is 30.7 Å². The van der Waals surface area contributed by atoms with Crippen LogP contribution in [-0.2, 0) is 0 Å². The molecular weight excluding hydrogens is 318 g/mol. The molecule has 1 aliphatic carbocycles. The van der Waals surface area contributed by atoms with E-state index in [-0.39, 0.29) is 0 Å². The van der Waals surface area contributed by atoms with E-state index in [2.05, 4.69) is 57.0 Å². The smallest absolute Gasteiger partial charge is 0.0701 e. The molecule has 1 atom stereocenters. The number of hydrogen-bond acceptors (Lipinski definition) is 2. The van der Waals surface area contributed by atoms with Gasteiger partial charge in [0.15, 0.2) is 0 Å². The van der Waals surface area contributed by atoms with E-state index in [1.165, 1.54) is 39.7 Å². The summed E-state index contributed by atoms with van der Waals surface area (Å²) >= 11 is 5.30. The van der Waals surface area contributed by atoms with Crippen molar-refractivity contribution in [1.82, 2.24) is 5.32 Å². The highest BCUT2D eigenvalue weighted by Crippen LogP contribution is 2.38. The molecule has 2 aromatic rings. The summed E-state index contributed by atoms with van der Waals surface area (Å²) in [5.74, 6) is 0.798. The minimum absolute atomic E-state index is 0.294. The minimum atomic E-state index is 0.294. The second-order valence-corrected chi connectivity index (χ2v) is 7.49. The van der Waals surface area contributed by atoms with Gasteiger partial charge in [-0.3, -0.25) is 0 Å². The van der Waals surface area contributed by atoms with E-state index in [0.717, 1.165) is 5.92 Å². The lowest BCUT2D eigenvalue weighted by Crippen LogP contribution is -2.18. The molecule has 3 rings (SSSR count). The van der Waals surface area contributed by atoms with Crippen LogP contribution < -0.4 is 5.32 Å². The lowest BCUT2D eigenvalue weighted by molar-refractivity contribution is 0.419. The average Bonchev–Trinajstić information content (AvgIpc) is 2.75. The molecule has 100 valence electrons. The second-order valence-electron chi connectivity index (χ2n) is 5.20. The first kappa shape index (κ1) is 13.3. The van der Waals surface area contributed by atoms with Gasteiger partial charge in [0, 0.05) is 0 Å². The van der Waals surface area contributed by atoms with Gasteiger partial charge in [0.25, 0.3) is 0 Å². The third-order valence-corrected chi connectivity index (χ3v) is 5.55. The first-order valence-electron chi connectivity index (χ1n) is 6.79. The van der Waals surface area contributed by atoms with Crippen molar-refractivity contribution in [2.75, 3.05) is 7.05 Å². The molecule has 1 aromatic heterocycles. The standard InChI is InChI=1S/C16H18BrNS/c1-18-16(14-9-15(17)19-10-14)13-7-3-6-12(8-13)11-4-2-5-11/h3,6-11,16,18H,2,4-5H2,1H3. The number of halogens is 1. The third kappa shape index (κ3) is 2.78. The van der Waals surface area contributed by atoms with E-state index < -0.39 is 0 Å². The monoisotopic (exact) mass is 335 g/mol. The Kier molecular flexibility index (Phi) is 4.06. The molecule has 1 fully saturated rings. The zero-order valence-electron chi connectivity index (χ0n) is 11.0. The summed E-state index contributed by atoms with van der Waals surface area (Å²) < 4.78 is 1.19. The summed E-state index contributed by atoms with van der Waals surface area (Å²) in [5, 5.41) is 5.66. The second kappa shape index (κ2) is 5.78. The Hall–Kier alpha value is -0.640. The molecule has 1 aromatic carbocycles. The molecule has 0 amide bonds. The topological polar surface area (TPSA) is 12.0 Å². The molecule has 1 aliphatic rings. The first-order valence-corrected chi connectivity index (χ1v) is 8.46. The molecule has 0 aliphatic heterocycles. The van der Waals surface area contributed by atoms with Crippen LogP contribution in [0.1, 0.15) is 47.9 Å². The molecule has 1 saturated carbocycles. The maximum atomic E-state index is 3.55. The molecule has 19 heavy (non-hydrogen) atoms. The van der Waals surface area contributed by atoms with Crippen LogP contribution in [0.5, 0.6) is 0 Å². The Balaban J connectivity index is 1.90. The van der Waals surface area contributed by atoms with Gasteiger partial charge in [-0.2, -0.15) is 0 Å². The lowest BCUT2D eigenvalue weighted by atomic mass is 9.79. The van der Waals surface area contributed by atoms with E-state index in [1.807, 2.05) is 7.05 Å². The summed E-state index contributed by atoms with van der Waals surface area (Å²) in [6.07, 6.45) is 4.11. The lowest BCUT2D eigenvalue weighted by Gasteiger charge is -2.27. The SMILES string of the molecule is CNC(c1cccc(C2CCC2)c1)c1csc(Br)c1. The number of nitrogens with one attached hydrogen (secondary N) is 1. The maximum absolute atomic E-state index is 3.55. The summed E-state index contributed by atoms with van der Waals surface area (Å²) in [7, 11) is 2.03. The molecule has 3 heteroatoms. The fourth-order valence-corrected chi connectivity index (χ4v) is 3.94. The molecule has 1 N–H and O–H groups in total. The van der Waals surface area contributed by atoms with E-state index >= 15 is 0 Å². The zero-order chi connectivity index (χ0) is 13.2. The Morgan fingerprint density at radius 1 is 1.26 bits per heavy atom. The van der Waals surface area contributed by atoms with E-state index in [4.69, 9.17) is 0 Å².